The Morgan fingerprint density at radius 3 is 2.34 bits per heavy atom. The van der Waals surface area contributed by atoms with Crippen molar-refractivity contribution in [3.8, 4) is 5.75 Å². The van der Waals surface area contributed by atoms with Gasteiger partial charge in [0.25, 0.3) is 0 Å². The van der Waals surface area contributed by atoms with Crippen molar-refractivity contribution in [2.24, 2.45) is 23.2 Å². The second-order valence-corrected chi connectivity index (χ2v) is 12.3. The molecule has 1 atom stereocenters. The van der Waals surface area contributed by atoms with E-state index in [1.807, 2.05) is 17.0 Å². The highest BCUT2D eigenvalue weighted by Crippen LogP contribution is 2.60. The highest BCUT2D eigenvalue weighted by atomic mass is 16.5. The lowest BCUT2D eigenvalue weighted by atomic mass is 9.49. The van der Waals surface area contributed by atoms with Crippen LogP contribution in [0.4, 0.5) is 0 Å². The van der Waals surface area contributed by atoms with Crippen LogP contribution in [0.3, 0.4) is 0 Å². The van der Waals surface area contributed by atoms with Crippen LogP contribution in [0.1, 0.15) is 69.8 Å². The molecule has 4 bridgehead atoms. The number of amides is 2. The summed E-state index contributed by atoms with van der Waals surface area (Å²) in [6, 6.07) is 8.21. The highest BCUT2D eigenvalue weighted by Gasteiger charge is 2.56. The van der Waals surface area contributed by atoms with Crippen molar-refractivity contribution in [2.75, 3.05) is 26.7 Å². The molecule has 4 saturated carbocycles. The van der Waals surface area contributed by atoms with Gasteiger partial charge < -0.3 is 15.0 Å². The Bertz CT molecular complexity index is 919. The Kier molecular flexibility index (Phi) is 6.28. The molecule has 1 aromatic rings. The predicted octanol–water partition coefficient (Wildman–Crippen LogP) is 3.98. The minimum atomic E-state index is -0.259. The number of nitrogens with one attached hydrogen (secondary N) is 1. The molecule has 7 rings (SSSR count). The molecule has 2 aliphatic heterocycles. The molecule has 2 saturated heterocycles. The minimum absolute atomic E-state index is 0.0897. The number of methoxy groups -OCH3 is 1. The van der Waals surface area contributed by atoms with Crippen LogP contribution in [0.2, 0.25) is 0 Å². The summed E-state index contributed by atoms with van der Waals surface area (Å²) in [6.45, 7) is 3.62. The number of rotatable bonds is 6. The zero-order chi connectivity index (χ0) is 24.0. The number of benzene rings is 1. The molecule has 4 aliphatic carbocycles. The van der Waals surface area contributed by atoms with Crippen LogP contribution in [-0.4, -0.2) is 60.4 Å². The van der Waals surface area contributed by atoms with E-state index in [1.54, 1.807) is 7.11 Å². The first-order chi connectivity index (χ1) is 17.0. The SMILES string of the molecule is COc1cccc(CN2CCC(NC(=O)C3CCCN3C(=O)C34CC5CC(CC(C5)C3)C4)CC2)c1. The van der Waals surface area contributed by atoms with Gasteiger partial charge in [-0.3, -0.25) is 14.5 Å². The molecule has 35 heavy (non-hydrogen) atoms. The maximum Gasteiger partial charge on any atom is 0.243 e. The van der Waals surface area contributed by atoms with E-state index in [4.69, 9.17) is 4.74 Å². The van der Waals surface area contributed by atoms with Gasteiger partial charge in [0.2, 0.25) is 11.8 Å². The van der Waals surface area contributed by atoms with E-state index in [0.717, 1.165) is 94.6 Å². The summed E-state index contributed by atoms with van der Waals surface area (Å²) in [6.07, 6.45) is 11.0. The van der Waals surface area contributed by atoms with E-state index >= 15 is 0 Å². The number of likely N-dealkylation sites (tertiary alicyclic amines) is 2. The van der Waals surface area contributed by atoms with Gasteiger partial charge in [0.1, 0.15) is 11.8 Å². The average Bonchev–Trinajstić information content (AvgIpc) is 3.34. The van der Waals surface area contributed by atoms with Crippen molar-refractivity contribution in [3.63, 3.8) is 0 Å². The van der Waals surface area contributed by atoms with Crippen LogP contribution in [0.5, 0.6) is 5.75 Å². The molecular formula is C29H41N3O3. The lowest BCUT2D eigenvalue weighted by Gasteiger charge is -2.56. The standard InChI is InChI=1S/C29H41N3O3/c1-35-25-5-2-4-20(15-25)19-31-10-7-24(8-11-31)30-27(33)26-6-3-9-32(26)28(34)29-16-21-12-22(17-29)14-23(13-21)18-29/h2,4-5,15,21-24,26H,3,6-14,16-19H2,1H3,(H,30,33). The van der Waals surface area contributed by atoms with Crippen LogP contribution >= 0.6 is 0 Å². The van der Waals surface area contributed by atoms with Gasteiger partial charge >= 0.3 is 0 Å². The van der Waals surface area contributed by atoms with Crippen molar-refractivity contribution in [1.82, 2.24) is 15.1 Å². The summed E-state index contributed by atoms with van der Waals surface area (Å²) >= 11 is 0. The number of carbonyl (C=O) groups is 2. The third-order valence-corrected chi connectivity index (χ3v) is 9.78. The van der Waals surface area contributed by atoms with Crippen molar-refractivity contribution in [3.05, 3.63) is 29.8 Å². The molecule has 190 valence electrons. The first kappa shape index (κ1) is 23.3. The molecule has 2 heterocycles. The van der Waals surface area contributed by atoms with Crippen molar-refractivity contribution >= 4 is 11.8 Å². The Morgan fingerprint density at radius 2 is 1.69 bits per heavy atom. The molecule has 0 spiro atoms. The molecule has 0 aromatic heterocycles. The number of nitrogens with zero attached hydrogens (tertiary/aromatic N) is 2. The largest absolute Gasteiger partial charge is 0.497 e. The molecule has 1 unspecified atom stereocenters. The van der Waals surface area contributed by atoms with Gasteiger partial charge in [-0.25, -0.2) is 0 Å². The lowest BCUT2D eigenvalue weighted by Crippen LogP contribution is -2.58. The van der Waals surface area contributed by atoms with Crippen molar-refractivity contribution in [1.29, 1.82) is 0 Å². The monoisotopic (exact) mass is 479 g/mol. The number of piperidine rings is 1. The Labute approximate surface area is 209 Å². The number of hydrogen-bond acceptors (Lipinski definition) is 4. The van der Waals surface area contributed by atoms with E-state index in [9.17, 15) is 9.59 Å². The zero-order valence-electron chi connectivity index (χ0n) is 21.2. The fraction of sp³-hybridized carbons (Fsp3) is 0.724. The predicted molar refractivity (Wildman–Crippen MR) is 135 cm³/mol. The molecule has 6 aliphatic rings. The van der Waals surface area contributed by atoms with Gasteiger partial charge in [0.15, 0.2) is 0 Å². The fourth-order valence-corrected chi connectivity index (χ4v) is 8.52. The number of hydrogen-bond donors (Lipinski definition) is 1. The normalized spacial score (nSPS) is 34.8. The van der Waals surface area contributed by atoms with Crippen LogP contribution in [0.25, 0.3) is 0 Å². The van der Waals surface area contributed by atoms with Crippen LogP contribution < -0.4 is 10.1 Å². The van der Waals surface area contributed by atoms with Crippen LogP contribution in [0, 0.1) is 23.2 Å². The smallest absolute Gasteiger partial charge is 0.243 e. The van der Waals surface area contributed by atoms with Gasteiger partial charge in [0.05, 0.1) is 12.5 Å². The Morgan fingerprint density at radius 1 is 1.00 bits per heavy atom. The minimum Gasteiger partial charge on any atom is -0.497 e. The second-order valence-electron chi connectivity index (χ2n) is 12.3. The summed E-state index contributed by atoms with van der Waals surface area (Å²) < 4.78 is 5.35. The van der Waals surface area contributed by atoms with Crippen LogP contribution in [0.15, 0.2) is 24.3 Å². The summed E-state index contributed by atoms with van der Waals surface area (Å²) in [5.74, 6) is 3.56. The number of carbonyl (C=O) groups excluding carboxylic acids is 2. The fourth-order valence-electron chi connectivity index (χ4n) is 8.52. The topological polar surface area (TPSA) is 61.9 Å². The summed E-state index contributed by atoms with van der Waals surface area (Å²) in [5, 5.41) is 3.34. The van der Waals surface area contributed by atoms with E-state index in [2.05, 4.69) is 22.3 Å². The Balaban J connectivity index is 1.03. The number of ether oxygens (including phenoxy) is 1. The molecule has 1 N–H and O–H groups in total. The maximum absolute atomic E-state index is 13.9. The van der Waals surface area contributed by atoms with Gasteiger partial charge in [-0.1, -0.05) is 12.1 Å². The van der Waals surface area contributed by atoms with Crippen molar-refractivity contribution in [2.45, 2.75) is 82.8 Å². The molecule has 2 amide bonds. The summed E-state index contributed by atoms with van der Waals surface area (Å²) in [5.41, 5.74) is 1.11. The second kappa shape index (κ2) is 9.42. The van der Waals surface area contributed by atoms with E-state index in [1.165, 1.54) is 24.8 Å². The van der Waals surface area contributed by atoms with Gasteiger partial charge in [-0.05, 0) is 99.7 Å². The molecule has 1 aromatic carbocycles. The first-order valence-corrected chi connectivity index (χ1v) is 14.0. The lowest BCUT2D eigenvalue weighted by molar-refractivity contribution is -0.160. The quantitative estimate of drug-likeness (QED) is 0.670. The molecule has 0 radical (unpaired) electrons. The third kappa shape index (κ3) is 4.59. The summed E-state index contributed by atoms with van der Waals surface area (Å²) in [4.78, 5) is 31.7. The highest BCUT2D eigenvalue weighted by molar-refractivity contribution is 5.91. The van der Waals surface area contributed by atoms with E-state index in [-0.39, 0.29) is 23.4 Å². The maximum atomic E-state index is 13.9. The van der Waals surface area contributed by atoms with Gasteiger partial charge in [-0.2, -0.15) is 0 Å². The molecule has 6 nitrogen and oxygen atoms in total. The van der Waals surface area contributed by atoms with Gasteiger partial charge in [-0.15, -0.1) is 0 Å². The summed E-state index contributed by atoms with van der Waals surface area (Å²) in [7, 11) is 1.70. The third-order valence-electron chi connectivity index (χ3n) is 9.78. The zero-order valence-corrected chi connectivity index (χ0v) is 21.2. The van der Waals surface area contributed by atoms with Crippen LogP contribution in [-0.2, 0) is 16.1 Å². The van der Waals surface area contributed by atoms with Crippen molar-refractivity contribution < 1.29 is 14.3 Å². The average molecular weight is 480 g/mol. The molecule has 6 heteroatoms. The first-order valence-electron chi connectivity index (χ1n) is 14.0. The molecule has 6 fully saturated rings. The molecular weight excluding hydrogens is 438 g/mol. The Hall–Kier alpha value is -2.08. The van der Waals surface area contributed by atoms with E-state index in [0.29, 0.717) is 5.91 Å². The van der Waals surface area contributed by atoms with E-state index < -0.39 is 0 Å². The van der Waals surface area contributed by atoms with Gasteiger partial charge in [0, 0.05) is 32.2 Å².